The molecule has 6 heteroatoms. The lowest BCUT2D eigenvalue weighted by Crippen LogP contribution is -2.09. The first-order chi connectivity index (χ1) is 8.97. The van der Waals surface area contributed by atoms with Crippen molar-refractivity contribution in [2.75, 3.05) is 18.1 Å². The van der Waals surface area contributed by atoms with E-state index < -0.39 is 9.84 Å². The van der Waals surface area contributed by atoms with Crippen molar-refractivity contribution < 1.29 is 8.42 Å². The van der Waals surface area contributed by atoms with Crippen LogP contribution in [0.25, 0.3) is 0 Å². The number of para-hydroxylation sites is 1. The lowest BCUT2D eigenvalue weighted by molar-refractivity contribution is 0.602. The van der Waals surface area contributed by atoms with Gasteiger partial charge in [0, 0.05) is 32.5 Å². The maximum atomic E-state index is 11.6. The van der Waals surface area contributed by atoms with Crippen molar-refractivity contribution in [1.82, 2.24) is 9.78 Å². The van der Waals surface area contributed by atoms with Gasteiger partial charge in [0.05, 0.1) is 16.3 Å². The third-order valence-electron chi connectivity index (χ3n) is 2.75. The molecule has 0 radical (unpaired) electrons. The van der Waals surface area contributed by atoms with Gasteiger partial charge in [-0.25, -0.2) is 8.42 Å². The van der Waals surface area contributed by atoms with E-state index in [1.807, 2.05) is 25.4 Å². The van der Waals surface area contributed by atoms with Crippen molar-refractivity contribution in [2.45, 2.75) is 11.3 Å². The van der Waals surface area contributed by atoms with Gasteiger partial charge in [-0.1, -0.05) is 12.1 Å². The Morgan fingerprint density at radius 1 is 1.26 bits per heavy atom. The summed E-state index contributed by atoms with van der Waals surface area (Å²) in [4.78, 5) is 0.330. The maximum Gasteiger partial charge on any atom is 0.177 e. The molecule has 1 aromatic heterocycles. The van der Waals surface area contributed by atoms with E-state index in [1.165, 1.54) is 6.26 Å². The number of hydrogen-bond donors (Lipinski definition) is 1. The van der Waals surface area contributed by atoms with E-state index in [9.17, 15) is 8.42 Å². The van der Waals surface area contributed by atoms with E-state index in [4.69, 9.17) is 0 Å². The molecule has 19 heavy (non-hydrogen) atoms. The first-order valence-corrected chi connectivity index (χ1v) is 7.87. The smallest absolute Gasteiger partial charge is 0.177 e. The Morgan fingerprint density at radius 2 is 2.00 bits per heavy atom. The predicted octanol–water partition coefficient (Wildman–Crippen LogP) is 1.48. The van der Waals surface area contributed by atoms with Crippen LogP contribution in [0.5, 0.6) is 0 Å². The fraction of sp³-hybridized carbons (Fsp3) is 0.308. The van der Waals surface area contributed by atoms with Crippen LogP contribution < -0.4 is 5.32 Å². The van der Waals surface area contributed by atoms with Crippen molar-refractivity contribution in [3.8, 4) is 0 Å². The second-order valence-electron chi connectivity index (χ2n) is 4.43. The van der Waals surface area contributed by atoms with Gasteiger partial charge in [0.2, 0.25) is 0 Å². The molecule has 2 rings (SSSR count). The molecule has 5 nitrogen and oxygen atoms in total. The van der Waals surface area contributed by atoms with Crippen LogP contribution in [0.15, 0.2) is 41.4 Å². The van der Waals surface area contributed by atoms with E-state index in [0.29, 0.717) is 17.1 Å². The van der Waals surface area contributed by atoms with Crippen molar-refractivity contribution in [2.24, 2.45) is 7.05 Å². The zero-order chi connectivity index (χ0) is 13.9. The van der Waals surface area contributed by atoms with Crippen molar-refractivity contribution in [1.29, 1.82) is 0 Å². The summed E-state index contributed by atoms with van der Waals surface area (Å²) in [6.07, 6.45) is 3.85. The number of aryl methyl sites for hydroxylation is 1. The fourth-order valence-electron chi connectivity index (χ4n) is 1.86. The average Bonchev–Trinajstić information content (AvgIpc) is 2.74. The molecule has 102 valence electrons. The number of aromatic nitrogens is 2. The van der Waals surface area contributed by atoms with Crippen LogP contribution in [0.2, 0.25) is 0 Å². The van der Waals surface area contributed by atoms with Crippen LogP contribution in [0.4, 0.5) is 5.69 Å². The van der Waals surface area contributed by atoms with Gasteiger partial charge in [0.25, 0.3) is 0 Å². The number of benzene rings is 1. The fourth-order valence-corrected chi connectivity index (χ4v) is 2.72. The number of rotatable bonds is 5. The standard InChI is InChI=1S/C13H17N3O2S/c1-16-10-8-11(15-16)7-9-14-12-5-3-4-6-13(12)19(2,17)18/h3-6,8,10,14H,7,9H2,1-2H3. The summed E-state index contributed by atoms with van der Waals surface area (Å²) in [6, 6.07) is 8.87. The molecule has 0 saturated carbocycles. The number of anilines is 1. The quantitative estimate of drug-likeness (QED) is 0.900. The highest BCUT2D eigenvalue weighted by atomic mass is 32.2. The molecular weight excluding hydrogens is 262 g/mol. The monoisotopic (exact) mass is 279 g/mol. The number of nitrogens with zero attached hydrogens (tertiary/aromatic N) is 2. The van der Waals surface area contributed by atoms with E-state index in [-0.39, 0.29) is 0 Å². The van der Waals surface area contributed by atoms with Gasteiger partial charge in [0.1, 0.15) is 0 Å². The molecule has 0 fully saturated rings. The van der Waals surface area contributed by atoms with Crippen LogP contribution in [-0.2, 0) is 23.3 Å². The molecule has 2 aromatic rings. The highest BCUT2D eigenvalue weighted by Gasteiger charge is 2.11. The van der Waals surface area contributed by atoms with Crippen LogP contribution in [0.1, 0.15) is 5.69 Å². The van der Waals surface area contributed by atoms with Crippen molar-refractivity contribution in [3.63, 3.8) is 0 Å². The van der Waals surface area contributed by atoms with Gasteiger partial charge in [-0.15, -0.1) is 0 Å². The summed E-state index contributed by atoms with van der Waals surface area (Å²) < 4.78 is 25.0. The minimum Gasteiger partial charge on any atom is -0.384 e. The van der Waals surface area contributed by atoms with Gasteiger partial charge in [-0.3, -0.25) is 4.68 Å². The van der Waals surface area contributed by atoms with E-state index >= 15 is 0 Å². The molecule has 1 aromatic carbocycles. The largest absolute Gasteiger partial charge is 0.384 e. The lowest BCUT2D eigenvalue weighted by atomic mass is 10.3. The Bertz CT molecular complexity index is 662. The zero-order valence-electron chi connectivity index (χ0n) is 11.0. The topological polar surface area (TPSA) is 64.0 Å². The van der Waals surface area contributed by atoms with Gasteiger partial charge < -0.3 is 5.32 Å². The highest BCUT2D eigenvalue weighted by Crippen LogP contribution is 2.20. The van der Waals surface area contributed by atoms with Gasteiger partial charge >= 0.3 is 0 Å². The molecule has 0 spiro atoms. The molecular formula is C13H17N3O2S. The van der Waals surface area contributed by atoms with Crippen LogP contribution in [0, 0.1) is 0 Å². The molecule has 0 bridgehead atoms. The summed E-state index contributed by atoms with van der Waals surface area (Å²) in [5.41, 5.74) is 1.62. The Morgan fingerprint density at radius 3 is 2.63 bits per heavy atom. The summed E-state index contributed by atoms with van der Waals surface area (Å²) in [7, 11) is -1.34. The molecule has 0 atom stereocenters. The molecule has 1 N–H and O–H groups in total. The summed E-state index contributed by atoms with van der Waals surface area (Å²) in [5.74, 6) is 0. The molecule has 0 aliphatic heterocycles. The third-order valence-corrected chi connectivity index (χ3v) is 3.91. The minimum atomic E-state index is -3.21. The first kappa shape index (κ1) is 13.6. The lowest BCUT2D eigenvalue weighted by Gasteiger charge is -2.09. The Balaban J connectivity index is 2.04. The molecule has 1 heterocycles. The molecule has 0 amide bonds. The SMILES string of the molecule is Cn1ccc(CCNc2ccccc2S(C)(=O)=O)n1. The van der Waals surface area contributed by atoms with E-state index in [2.05, 4.69) is 10.4 Å². The average molecular weight is 279 g/mol. The summed E-state index contributed by atoms with van der Waals surface area (Å²) in [5, 5.41) is 7.42. The van der Waals surface area contributed by atoms with Crippen molar-refractivity contribution in [3.05, 3.63) is 42.2 Å². The van der Waals surface area contributed by atoms with Crippen molar-refractivity contribution >= 4 is 15.5 Å². The van der Waals surface area contributed by atoms with E-state index in [1.54, 1.807) is 22.9 Å². The zero-order valence-corrected chi connectivity index (χ0v) is 11.8. The molecule has 0 aliphatic carbocycles. The number of hydrogen-bond acceptors (Lipinski definition) is 4. The minimum absolute atomic E-state index is 0.330. The van der Waals surface area contributed by atoms with Gasteiger partial charge in [-0.05, 0) is 18.2 Å². The highest BCUT2D eigenvalue weighted by molar-refractivity contribution is 7.90. The van der Waals surface area contributed by atoms with Crippen LogP contribution >= 0.6 is 0 Å². The van der Waals surface area contributed by atoms with Gasteiger partial charge in [0.15, 0.2) is 9.84 Å². The Hall–Kier alpha value is -1.82. The normalized spacial score (nSPS) is 11.5. The summed E-state index contributed by atoms with van der Waals surface area (Å²) >= 11 is 0. The van der Waals surface area contributed by atoms with E-state index in [0.717, 1.165) is 12.1 Å². The molecule has 0 saturated heterocycles. The van der Waals surface area contributed by atoms with Crippen LogP contribution in [-0.4, -0.2) is 31.0 Å². The summed E-state index contributed by atoms with van der Waals surface area (Å²) in [6.45, 7) is 0.642. The number of nitrogens with one attached hydrogen (secondary N) is 1. The molecule has 0 aliphatic rings. The first-order valence-electron chi connectivity index (χ1n) is 5.98. The Kier molecular flexibility index (Phi) is 3.90. The Labute approximate surface area is 113 Å². The molecule has 0 unspecified atom stereocenters. The second kappa shape index (κ2) is 5.44. The van der Waals surface area contributed by atoms with Gasteiger partial charge in [-0.2, -0.15) is 5.10 Å². The third kappa shape index (κ3) is 3.57. The second-order valence-corrected chi connectivity index (χ2v) is 6.41. The number of sulfone groups is 1. The maximum absolute atomic E-state index is 11.6. The predicted molar refractivity (Wildman–Crippen MR) is 75.0 cm³/mol. The van der Waals surface area contributed by atoms with Crippen LogP contribution in [0.3, 0.4) is 0 Å².